The second kappa shape index (κ2) is 10.7. The first-order valence-corrected chi connectivity index (χ1v) is 12.7. The summed E-state index contributed by atoms with van der Waals surface area (Å²) in [5, 5.41) is 18.3. The Kier molecular flexibility index (Phi) is 7.67. The molecule has 3 aliphatic heterocycles. The summed E-state index contributed by atoms with van der Waals surface area (Å²) in [6.07, 6.45) is 2.23. The molecule has 1 amide bonds. The average molecular weight is 489 g/mol. The summed E-state index contributed by atoms with van der Waals surface area (Å²) >= 11 is 1.07. The molecule has 0 saturated carbocycles. The highest BCUT2D eigenvalue weighted by Gasteiger charge is 2.45. The Labute approximate surface area is 203 Å². The molecule has 9 nitrogen and oxygen atoms in total. The molecular formula is C24H32N4O5S. The van der Waals surface area contributed by atoms with Gasteiger partial charge in [0.1, 0.15) is 6.04 Å². The summed E-state index contributed by atoms with van der Waals surface area (Å²) in [4.78, 5) is 24.1. The number of carboxylic acid groups (broad SMARTS) is 1. The highest BCUT2D eigenvalue weighted by atomic mass is 32.2. The summed E-state index contributed by atoms with van der Waals surface area (Å²) < 4.78 is 12.8. The van der Waals surface area contributed by atoms with Crippen LogP contribution in [0.2, 0.25) is 0 Å². The maximum Gasteiger partial charge on any atom is 0.230 e. The van der Waals surface area contributed by atoms with Crippen molar-refractivity contribution in [3.8, 4) is 22.8 Å². The van der Waals surface area contributed by atoms with Crippen LogP contribution >= 0.6 is 11.8 Å². The van der Waals surface area contributed by atoms with Crippen molar-refractivity contribution in [2.75, 3.05) is 45.4 Å². The van der Waals surface area contributed by atoms with Gasteiger partial charge in [0.25, 0.3) is 0 Å². The predicted molar refractivity (Wildman–Crippen MR) is 127 cm³/mol. The van der Waals surface area contributed by atoms with E-state index >= 15 is 0 Å². The Morgan fingerprint density at radius 1 is 1.24 bits per heavy atom. The van der Waals surface area contributed by atoms with Crippen LogP contribution in [0.4, 0.5) is 0 Å². The summed E-state index contributed by atoms with van der Waals surface area (Å²) in [6.45, 7) is 2.77. The van der Waals surface area contributed by atoms with E-state index in [1.165, 1.54) is 17.0 Å². The fourth-order valence-electron chi connectivity index (χ4n) is 5.36. The Morgan fingerprint density at radius 2 is 2.03 bits per heavy atom. The van der Waals surface area contributed by atoms with E-state index in [0.717, 1.165) is 42.5 Å². The summed E-state index contributed by atoms with van der Waals surface area (Å²) in [5.41, 5.74) is 3.15. The number of rotatable bonds is 10. The molecule has 4 heterocycles. The Bertz CT molecular complexity index is 1040. The minimum atomic E-state index is -1.14. The molecule has 2 N–H and O–H groups in total. The molecule has 184 valence electrons. The first kappa shape index (κ1) is 24.4. The van der Waals surface area contributed by atoms with Gasteiger partial charge in [0, 0.05) is 36.9 Å². The zero-order valence-corrected chi connectivity index (χ0v) is 20.7. The highest BCUT2D eigenvalue weighted by molar-refractivity contribution is 8.00. The van der Waals surface area contributed by atoms with Gasteiger partial charge in [-0.1, -0.05) is 0 Å². The number of quaternary nitrogens is 1. The van der Waals surface area contributed by atoms with Gasteiger partial charge in [0.15, 0.2) is 11.5 Å². The number of carboxylic acids is 1. The Morgan fingerprint density at radius 3 is 2.71 bits per heavy atom. The van der Waals surface area contributed by atoms with Crippen molar-refractivity contribution in [1.29, 1.82) is 0 Å². The third kappa shape index (κ3) is 5.33. The van der Waals surface area contributed by atoms with Crippen molar-refractivity contribution < 1.29 is 29.1 Å². The number of ether oxygens (including phenoxy) is 2. The third-order valence-electron chi connectivity index (χ3n) is 7.03. The number of methoxy groups -OCH3 is 2. The van der Waals surface area contributed by atoms with Crippen molar-refractivity contribution >= 4 is 23.6 Å². The molecule has 34 heavy (non-hydrogen) atoms. The standard InChI is InChI=1S/C24H32N4O5S/c1-27-20(10-19(26-27)16-4-5-21(32-2)22(9-16)33-3)18-12-28-7-6-15(18)8-17(28)11-25-23(29)13-34-14-24(30)31/h4-5,9-10,15,17-18H,6-8,11-14H2,1-3H3,(H,25,29)(H,30,31)/t15-,17+,18-/m0/s1. The second-order valence-corrected chi connectivity index (χ2v) is 10.0. The zero-order valence-electron chi connectivity index (χ0n) is 19.8. The monoisotopic (exact) mass is 488 g/mol. The fourth-order valence-corrected chi connectivity index (χ4v) is 5.92. The van der Waals surface area contributed by atoms with E-state index in [4.69, 9.17) is 14.6 Å². The van der Waals surface area contributed by atoms with E-state index in [1.807, 2.05) is 29.9 Å². The van der Waals surface area contributed by atoms with Crippen molar-refractivity contribution in [3.05, 3.63) is 30.0 Å². The number of fused-ring (bicyclic) bond motifs is 3. The maximum atomic E-state index is 12.0. The summed E-state index contributed by atoms with van der Waals surface area (Å²) in [6, 6.07) is 8.44. The number of carbonyl (C=O) groups excluding carboxylic acids is 2. The lowest BCUT2D eigenvalue weighted by Crippen LogP contribution is -3.20. The van der Waals surface area contributed by atoms with Crippen molar-refractivity contribution in [2.45, 2.75) is 24.8 Å². The highest BCUT2D eigenvalue weighted by Crippen LogP contribution is 2.37. The molecule has 1 aromatic heterocycles. The van der Waals surface area contributed by atoms with Gasteiger partial charge in [-0.2, -0.15) is 5.10 Å². The van der Waals surface area contributed by atoms with Gasteiger partial charge in [-0.15, -0.1) is 11.8 Å². The number of carbonyl (C=O) groups is 2. The van der Waals surface area contributed by atoms with E-state index in [1.54, 1.807) is 14.2 Å². The molecule has 10 heteroatoms. The van der Waals surface area contributed by atoms with Crippen LogP contribution in [0.25, 0.3) is 11.3 Å². The number of aliphatic carboxylic acids is 1. The number of aryl methyl sites for hydroxylation is 1. The van der Waals surface area contributed by atoms with Crippen LogP contribution in [-0.4, -0.2) is 73.1 Å². The maximum absolute atomic E-state index is 12.0. The Balaban J connectivity index is 1.39. The smallest absolute Gasteiger partial charge is 0.230 e. The molecule has 5 rings (SSSR count). The second-order valence-electron chi connectivity index (χ2n) is 9.02. The van der Waals surface area contributed by atoms with Gasteiger partial charge in [-0.3, -0.25) is 9.48 Å². The molecule has 3 fully saturated rings. The molecule has 0 radical (unpaired) electrons. The molecule has 3 aliphatic rings. The van der Waals surface area contributed by atoms with Crippen molar-refractivity contribution in [1.82, 2.24) is 15.1 Å². The molecule has 2 bridgehead atoms. The van der Waals surface area contributed by atoms with Crippen LogP contribution in [0.15, 0.2) is 24.3 Å². The number of aromatic nitrogens is 2. The minimum Gasteiger partial charge on any atom is -0.549 e. The molecule has 0 aliphatic carbocycles. The van der Waals surface area contributed by atoms with Crippen molar-refractivity contribution in [3.63, 3.8) is 0 Å². The van der Waals surface area contributed by atoms with E-state index < -0.39 is 5.97 Å². The Hall–Kier alpha value is -2.72. The van der Waals surface area contributed by atoms with Gasteiger partial charge in [0.2, 0.25) is 5.91 Å². The number of thioether (sulfide) groups is 1. The van der Waals surface area contributed by atoms with Gasteiger partial charge in [0.05, 0.1) is 57.2 Å². The lowest BCUT2D eigenvalue weighted by Gasteiger charge is -2.46. The predicted octanol–water partition coefficient (Wildman–Crippen LogP) is -0.536. The van der Waals surface area contributed by atoms with Crippen LogP contribution in [0.1, 0.15) is 24.5 Å². The lowest BCUT2D eigenvalue weighted by molar-refractivity contribution is -0.942. The molecule has 4 atom stereocenters. The summed E-state index contributed by atoms with van der Waals surface area (Å²) in [7, 11) is 5.27. The largest absolute Gasteiger partial charge is 0.549 e. The SMILES string of the molecule is COc1ccc(-c2cc([C@H]3C[NH+]4CC[C@H]3C[C@@H]4CNC(=O)CSCC(=O)[O-])n(C)n2)cc1OC. The fraction of sp³-hybridized carbons (Fsp3) is 0.542. The van der Waals surface area contributed by atoms with E-state index in [9.17, 15) is 14.7 Å². The number of hydrogen-bond donors (Lipinski definition) is 2. The van der Waals surface area contributed by atoms with Gasteiger partial charge >= 0.3 is 0 Å². The van der Waals surface area contributed by atoms with Crippen LogP contribution in [-0.2, 0) is 16.6 Å². The summed E-state index contributed by atoms with van der Waals surface area (Å²) in [5.74, 6) is 1.09. The number of piperidine rings is 3. The molecule has 1 aromatic carbocycles. The van der Waals surface area contributed by atoms with Crippen LogP contribution in [0.3, 0.4) is 0 Å². The minimum absolute atomic E-state index is 0.115. The molecule has 2 aromatic rings. The number of nitrogens with one attached hydrogen (secondary N) is 2. The van der Waals surface area contributed by atoms with Gasteiger partial charge < -0.3 is 29.6 Å². The van der Waals surface area contributed by atoms with Crippen LogP contribution < -0.4 is 24.8 Å². The molecular weight excluding hydrogens is 456 g/mol. The lowest BCUT2D eigenvalue weighted by atomic mass is 9.74. The number of nitrogens with zero attached hydrogens (tertiary/aromatic N) is 2. The van der Waals surface area contributed by atoms with E-state index in [0.29, 0.717) is 35.9 Å². The van der Waals surface area contributed by atoms with Crippen LogP contribution in [0, 0.1) is 5.92 Å². The topological polar surface area (TPSA) is 110 Å². The number of amides is 1. The molecule has 1 unspecified atom stereocenters. The van der Waals surface area contributed by atoms with E-state index in [2.05, 4.69) is 11.4 Å². The first-order chi connectivity index (χ1) is 16.4. The normalized spacial score (nSPS) is 23.5. The van der Waals surface area contributed by atoms with Crippen molar-refractivity contribution in [2.24, 2.45) is 13.0 Å². The zero-order chi connectivity index (χ0) is 24.2. The first-order valence-electron chi connectivity index (χ1n) is 11.5. The van der Waals surface area contributed by atoms with Gasteiger partial charge in [-0.05, 0) is 30.2 Å². The molecule has 3 saturated heterocycles. The quantitative estimate of drug-likeness (QED) is 0.462. The average Bonchev–Trinajstić information content (AvgIpc) is 3.23. The van der Waals surface area contributed by atoms with E-state index in [-0.39, 0.29) is 17.4 Å². The number of benzene rings is 1. The van der Waals surface area contributed by atoms with Crippen LogP contribution in [0.5, 0.6) is 11.5 Å². The molecule has 0 spiro atoms. The number of hydrogen-bond acceptors (Lipinski definition) is 7. The van der Waals surface area contributed by atoms with Gasteiger partial charge in [-0.25, -0.2) is 0 Å². The third-order valence-corrected chi connectivity index (χ3v) is 7.93.